The van der Waals surface area contributed by atoms with Crippen molar-refractivity contribution in [3.05, 3.63) is 71.8 Å². The standard InChI is InChI=1S/C24H28N2O2/c1-17(2)15-24(3,16-18-10-6-5-7-11-18)26-22(27)20-14-19-12-8-9-13-21(19)25-23(20)28-4/h5-14,17H,15-16H2,1-4H3,(H,26,27). The molecule has 1 aromatic heterocycles. The van der Waals surface area contributed by atoms with Crippen LogP contribution in [0.5, 0.6) is 5.88 Å². The first-order chi connectivity index (χ1) is 13.4. The number of methoxy groups -OCH3 is 1. The van der Waals surface area contributed by atoms with Gasteiger partial charge in [0.2, 0.25) is 5.88 Å². The molecule has 146 valence electrons. The minimum Gasteiger partial charge on any atom is -0.480 e. The third kappa shape index (κ3) is 4.69. The number of rotatable bonds is 7. The molecule has 0 saturated heterocycles. The zero-order chi connectivity index (χ0) is 20.1. The lowest BCUT2D eigenvalue weighted by Gasteiger charge is -2.33. The molecule has 0 bridgehead atoms. The van der Waals surface area contributed by atoms with Gasteiger partial charge in [-0.25, -0.2) is 4.98 Å². The van der Waals surface area contributed by atoms with Crippen molar-refractivity contribution < 1.29 is 9.53 Å². The number of aromatic nitrogens is 1. The van der Waals surface area contributed by atoms with E-state index in [1.807, 2.05) is 48.5 Å². The van der Waals surface area contributed by atoms with E-state index in [-0.39, 0.29) is 11.4 Å². The molecule has 0 aliphatic carbocycles. The van der Waals surface area contributed by atoms with Crippen molar-refractivity contribution in [2.45, 2.75) is 39.2 Å². The Balaban J connectivity index is 1.92. The quantitative estimate of drug-likeness (QED) is 0.630. The van der Waals surface area contributed by atoms with E-state index in [9.17, 15) is 4.79 Å². The van der Waals surface area contributed by atoms with Crippen molar-refractivity contribution >= 4 is 16.8 Å². The number of benzene rings is 2. The average molecular weight is 377 g/mol. The van der Waals surface area contributed by atoms with Crippen molar-refractivity contribution in [2.75, 3.05) is 7.11 Å². The van der Waals surface area contributed by atoms with Crippen LogP contribution in [0.3, 0.4) is 0 Å². The van der Waals surface area contributed by atoms with E-state index in [0.717, 1.165) is 23.7 Å². The Morgan fingerprint density at radius 1 is 1.11 bits per heavy atom. The van der Waals surface area contributed by atoms with Crippen LogP contribution in [0.4, 0.5) is 0 Å². The van der Waals surface area contributed by atoms with Crippen LogP contribution in [0.15, 0.2) is 60.7 Å². The molecule has 4 heteroatoms. The number of para-hydroxylation sites is 1. The molecule has 0 radical (unpaired) electrons. The molecule has 0 fully saturated rings. The summed E-state index contributed by atoms with van der Waals surface area (Å²) in [6.45, 7) is 6.46. The molecular formula is C24H28N2O2. The number of hydrogen-bond donors (Lipinski definition) is 1. The highest BCUT2D eigenvalue weighted by Crippen LogP contribution is 2.26. The van der Waals surface area contributed by atoms with E-state index in [4.69, 9.17) is 4.74 Å². The van der Waals surface area contributed by atoms with Crippen LogP contribution in [0.25, 0.3) is 10.9 Å². The molecule has 4 nitrogen and oxygen atoms in total. The van der Waals surface area contributed by atoms with Crippen molar-refractivity contribution in [3.63, 3.8) is 0 Å². The Kier molecular flexibility index (Phi) is 5.98. The SMILES string of the molecule is COc1nc2ccccc2cc1C(=O)NC(C)(Cc1ccccc1)CC(C)C. The summed E-state index contributed by atoms with van der Waals surface area (Å²) < 4.78 is 5.42. The number of ether oxygens (including phenoxy) is 1. The van der Waals surface area contributed by atoms with E-state index in [0.29, 0.717) is 17.4 Å². The fourth-order valence-corrected chi connectivity index (χ4v) is 3.87. The second-order valence-electron chi connectivity index (χ2n) is 8.01. The van der Waals surface area contributed by atoms with Gasteiger partial charge in [0.05, 0.1) is 12.6 Å². The molecule has 0 aliphatic heterocycles. The van der Waals surface area contributed by atoms with Crippen LogP contribution in [-0.2, 0) is 6.42 Å². The van der Waals surface area contributed by atoms with Crippen molar-refractivity contribution in [3.8, 4) is 5.88 Å². The van der Waals surface area contributed by atoms with Crippen LogP contribution in [0.2, 0.25) is 0 Å². The molecule has 28 heavy (non-hydrogen) atoms. The largest absolute Gasteiger partial charge is 0.480 e. The molecule has 3 aromatic rings. The second-order valence-corrected chi connectivity index (χ2v) is 8.01. The molecule has 0 saturated carbocycles. The summed E-state index contributed by atoms with van der Waals surface area (Å²) in [7, 11) is 1.55. The number of nitrogens with one attached hydrogen (secondary N) is 1. The number of amides is 1. The summed E-state index contributed by atoms with van der Waals surface area (Å²) in [6, 6.07) is 19.9. The maximum atomic E-state index is 13.2. The Bertz CT molecular complexity index is 953. The number of carbonyl (C=O) groups excluding carboxylic acids is 1. The van der Waals surface area contributed by atoms with Crippen molar-refractivity contribution in [1.82, 2.24) is 10.3 Å². The number of carbonyl (C=O) groups is 1. The first-order valence-electron chi connectivity index (χ1n) is 9.70. The Hall–Kier alpha value is -2.88. The molecular weight excluding hydrogens is 348 g/mol. The van der Waals surface area contributed by atoms with E-state index in [1.54, 1.807) is 7.11 Å². The second kappa shape index (κ2) is 8.42. The molecule has 3 rings (SSSR count). The maximum absolute atomic E-state index is 13.2. The number of hydrogen-bond acceptors (Lipinski definition) is 3. The van der Waals surface area contributed by atoms with Crippen LogP contribution < -0.4 is 10.1 Å². The fraction of sp³-hybridized carbons (Fsp3) is 0.333. The lowest BCUT2D eigenvalue weighted by molar-refractivity contribution is 0.0890. The third-order valence-corrected chi connectivity index (χ3v) is 4.84. The van der Waals surface area contributed by atoms with Crippen molar-refractivity contribution in [1.29, 1.82) is 0 Å². The first kappa shape index (κ1) is 19.9. The van der Waals surface area contributed by atoms with Gasteiger partial charge in [-0.3, -0.25) is 4.79 Å². The van der Waals surface area contributed by atoms with Gasteiger partial charge in [0.15, 0.2) is 0 Å². The predicted octanol–water partition coefficient (Wildman–Crippen LogP) is 5.02. The Morgan fingerprint density at radius 3 is 2.46 bits per heavy atom. The summed E-state index contributed by atoms with van der Waals surface area (Å²) >= 11 is 0. The zero-order valence-corrected chi connectivity index (χ0v) is 17.0. The number of pyridine rings is 1. The van der Waals surface area contributed by atoms with Gasteiger partial charge >= 0.3 is 0 Å². The van der Waals surface area contributed by atoms with Crippen LogP contribution in [-0.4, -0.2) is 23.5 Å². The van der Waals surface area contributed by atoms with Gasteiger partial charge in [0, 0.05) is 10.9 Å². The summed E-state index contributed by atoms with van der Waals surface area (Å²) in [5, 5.41) is 4.19. The summed E-state index contributed by atoms with van der Waals surface area (Å²) in [5.41, 5.74) is 2.10. The average Bonchev–Trinajstić information content (AvgIpc) is 2.66. The lowest BCUT2D eigenvalue weighted by atomic mass is 9.84. The van der Waals surface area contributed by atoms with E-state index in [1.165, 1.54) is 5.56 Å². The van der Waals surface area contributed by atoms with Gasteiger partial charge in [-0.2, -0.15) is 0 Å². The van der Waals surface area contributed by atoms with Crippen LogP contribution >= 0.6 is 0 Å². The van der Waals surface area contributed by atoms with Crippen molar-refractivity contribution in [2.24, 2.45) is 5.92 Å². The zero-order valence-electron chi connectivity index (χ0n) is 17.0. The number of fused-ring (bicyclic) bond motifs is 1. The highest BCUT2D eigenvalue weighted by Gasteiger charge is 2.29. The van der Waals surface area contributed by atoms with E-state index < -0.39 is 0 Å². The summed E-state index contributed by atoms with van der Waals surface area (Å²) in [4.78, 5) is 17.7. The smallest absolute Gasteiger partial charge is 0.257 e. The predicted molar refractivity (Wildman–Crippen MR) is 114 cm³/mol. The normalized spacial score (nSPS) is 13.3. The summed E-state index contributed by atoms with van der Waals surface area (Å²) in [6.07, 6.45) is 1.64. The van der Waals surface area contributed by atoms with Gasteiger partial charge in [-0.15, -0.1) is 0 Å². The van der Waals surface area contributed by atoms with Gasteiger partial charge < -0.3 is 10.1 Å². The molecule has 2 aromatic carbocycles. The van der Waals surface area contributed by atoms with Crippen LogP contribution in [0, 0.1) is 5.92 Å². The van der Waals surface area contributed by atoms with Gasteiger partial charge in [-0.1, -0.05) is 62.4 Å². The Morgan fingerprint density at radius 2 is 1.79 bits per heavy atom. The summed E-state index contributed by atoms with van der Waals surface area (Å²) in [5.74, 6) is 0.641. The highest BCUT2D eigenvalue weighted by molar-refractivity contribution is 6.00. The van der Waals surface area contributed by atoms with Gasteiger partial charge in [0.1, 0.15) is 5.56 Å². The lowest BCUT2D eigenvalue weighted by Crippen LogP contribution is -2.48. The fourth-order valence-electron chi connectivity index (χ4n) is 3.87. The third-order valence-electron chi connectivity index (χ3n) is 4.84. The molecule has 1 heterocycles. The van der Waals surface area contributed by atoms with Gasteiger partial charge in [0.25, 0.3) is 5.91 Å². The number of nitrogens with zero attached hydrogens (tertiary/aromatic N) is 1. The van der Waals surface area contributed by atoms with Crippen LogP contribution in [0.1, 0.15) is 43.1 Å². The highest BCUT2D eigenvalue weighted by atomic mass is 16.5. The first-order valence-corrected chi connectivity index (χ1v) is 9.70. The molecule has 1 unspecified atom stereocenters. The van der Waals surface area contributed by atoms with Gasteiger partial charge in [-0.05, 0) is 43.4 Å². The van der Waals surface area contributed by atoms with E-state index in [2.05, 4.69) is 43.2 Å². The minimum absolute atomic E-state index is 0.158. The Labute approximate surface area is 166 Å². The molecule has 0 aliphatic rings. The topological polar surface area (TPSA) is 51.2 Å². The minimum atomic E-state index is -0.372. The molecule has 1 N–H and O–H groups in total. The maximum Gasteiger partial charge on any atom is 0.257 e. The van der Waals surface area contributed by atoms with E-state index >= 15 is 0 Å². The molecule has 1 amide bonds. The monoisotopic (exact) mass is 376 g/mol. The molecule has 0 spiro atoms. The molecule has 1 atom stereocenters.